The van der Waals surface area contributed by atoms with Crippen LogP contribution in [-0.2, 0) is 13.1 Å². The van der Waals surface area contributed by atoms with Crippen LogP contribution in [0.25, 0.3) is 5.69 Å². The van der Waals surface area contributed by atoms with Gasteiger partial charge in [-0.15, -0.1) is 5.10 Å². The molecule has 0 unspecified atom stereocenters. The van der Waals surface area contributed by atoms with Gasteiger partial charge in [-0.3, -0.25) is 0 Å². The minimum atomic E-state index is 0.598. The van der Waals surface area contributed by atoms with Crippen molar-refractivity contribution in [2.24, 2.45) is 0 Å². The van der Waals surface area contributed by atoms with Crippen molar-refractivity contribution < 1.29 is 0 Å². The molecule has 0 aliphatic carbocycles. The molecule has 146 valence electrons. The molecule has 0 radical (unpaired) electrons. The van der Waals surface area contributed by atoms with Gasteiger partial charge in [-0.25, -0.2) is 0 Å². The number of nitrogens with zero attached hydrogens (tertiary/aromatic N) is 3. The number of rotatable bonds is 7. The lowest BCUT2D eigenvalue weighted by Crippen LogP contribution is -2.07. The molecule has 4 aromatic rings. The normalized spacial score (nSPS) is 10.7. The minimum Gasteiger partial charge on any atom is -0.350 e. The van der Waals surface area contributed by atoms with Crippen molar-refractivity contribution in [1.29, 1.82) is 0 Å². The molecule has 1 heterocycles. The fourth-order valence-corrected chi connectivity index (χ4v) is 3.02. The Morgan fingerprint density at radius 2 is 1.24 bits per heavy atom. The van der Waals surface area contributed by atoms with E-state index in [-0.39, 0.29) is 0 Å². The van der Waals surface area contributed by atoms with Crippen LogP contribution in [0.2, 0.25) is 0 Å². The van der Waals surface area contributed by atoms with Crippen LogP contribution in [0.5, 0.6) is 0 Å². The molecule has 0 saturated heterocycles. The van der Waals surface area contributed by atoms with Crippen LogP contribution < -0.4 is 10.6 Å². The van der Waals surface area contributed by atoms with Gasteiger partial charge in [-0.05, 0) is 37.1 Å². The molecule has 5 nitrogen and oxygen atoms in total. The van der Waals surface area contributed by atoms with Gasteiger partial charge in [0.15, 0.2) is 0 Å². The Balaban J connectivity index is 1.53. The lowest BCUT2D eigenvalue weighted by Gasteiger charge is -2.08. The number of hydrogen-bond acceptors (Lipinski definition) is 4. The van der Waals surface area contributed by atoms with Gasteiger partial charge in [-0.1, -0.05) is 77.9 Å². The van der Waals surface area contributed by atoms with Crippen LogP contribution >= 0.6 is 0 Å². The maximum Gasteiger partial charge on any atom is 0.244 e. The molecule has 1 aromatic heterocycles. The van der Waals surface area contributed by atoms with E-state index in [1.54, 1.807) is 0 Å². The number of hydrogen-bond donors (Lipinski definition) is 2. The molecule has 0 fully saturated rings. The molecule has 29 heavy (non-hydrogen) atoms. The molecule has 0 aliphatic rings. The Hall–Kier alpha value is -3.60. The standard InChI is InChI=1S/C24H25N5/c1-18-8-12-20(13-9-18)16-25-23-27-24(26-17-21-14-10-19(2)11-15-21)29(28-23)22-6-4-3-5-7-22/h3-15H,16-17H2,1-2H3,(H2,25,26,27,28). The fourth-order valence-electron chi connectivity index (χ4n) is 3.02. The number of aryl methyl sites for hydroxylation is 2. The molecular weight excluding hydrogens is 358 g/mol. The average molecular weight is 383 g/mol. The molecule has 0 spiro atoms. The summed E-state index contributed by atoms with van der Waals surface area (Å²) >= 11 is 0. The van der Waals surface area contributed by atoms with Gasteiger partial charge in [-0.2, -0.15) is 9.67 Å². The summed E-state index contributed by atoms with van der Waals surface area (Å²) in [6, 6.07) is 27.0. The van der Waals surface area contributed by atoms with E-state index < -0.39 is 0 Å². The molecule has 0 atom stereocenters. The highest BCUT2D eigenvalue weighted by molar-refractivity contribution is 5.45. The summed E-state index contributed by atoms with van der Waals surface area (Å²) in [5.74, 6) is 1.31. The first-order chi connectivity index (χ1) is 14.2. The molecule has 0 aliphatic heterocycles. The van der Waals surface area contributed by atoms with E-state index >= 15 is 0 Å². The van der Waals surface area contributed by atoms with E-state index in [0.29, 0.717) is 25.0 Å². The first-order valence-electron chi connectivity index (χ1n) is 9.79. The second-order valence-electron chi connectivity index (χ2n) is 7.18. The Bertz CT molecular complexity index is 1050. The van der Waals surface area contributed by atoms with E-state index in [1.807, 2.05) is 35.0 Å². The van der Waals surface area contributed by atoms with Crippen LogP contribution in [0.3, 0.4) is 0 Å². The second kappa shape index (κ2) is 8.61. The SMILES string of the molecule is Cc1ccc(CNc2nc(NCc3ccc(C)cc3)n(-c3ccccc3)n2)cc1. The zero-order valence-electron chi connectivity index (χ0n) is 16.8. The van der Waals surface area contributed by atoms with Gasteiger partial charge in [0.25, 0.3) is 0 Å². The van der Waals surface area contributed by atoms with Crippen molar-refractivity contribution >= 4 is 11.9 Å². The topological polar surface area (TPSA) is 54.8 Å². The molecule has 0 saturated carbocycles. The third kappa shape index (κ3) is 4.82. The third-order valence-electron chi connectivity index (χ3n) is 4.75. The number of anilines is 2. The summed E-state index contributed by atoms with van der Waals surface area (Å²) in [5, 5.41) is 11.4. The first-order valence-corrected chi connectivity index (χ1v) is 9.79. The van der Waals surface area contributed by atoms with Gasteiger partial charge in [0, 0.05) is 13.1 Å². The number of para-hydroxylation sites is 1. The molecule has 2 N–H and O–H groups in total. The monoisotopic (exact) mass is 383 g/mol. The van der Waals surface area contributed by atoms with Gasteiger partial charge < -0.3 is 10.6 Å². The van der Waals surface area contributed by atoms with Gasteiger partial charge in [0.1, 0.15) is 0 Å². The summed E-state index contributed by atoms with van der Waals surface area (Å²) in [6.07, 6.45) is 0. The number of aromatic nitrogens is 3. The van der Waals surface area contributed by atoms with Crippen LogP contribution in [0.1, 0.15) is 22.3 Å². The van der Waals surface area contributed by atoms with E-state index in [2.05, 4.69) is 83.1 Å². The first kappa shape index (κ1) is 18.7. The van der Waals surface area contributed by atoms with Gasteiger partial charge in [0.2, 0.25) is 11.9 Å². The quantitative estimate of drug-likeness (QED) is 0.466. The summed E-state index contributed by atoms with van der Waals surface area (Å²) in [5.41, 5.74) is 5.87. The Morgan fingerprint density at radius 3 is 1.83 bits per heavy atom. The van der Waals surface area contributed by atoms with Crippen molar-refractivity contribution in [2.45, 2.75) is 26.9 Å². The van der Waals surface area contributed by atoms with Gasteiger partial charge in [0.05, 0.1) is 5.69 Å². The summed E-state index contributed by atoms with van der Waals surface area (Å²) in [4.78, 5) is 4.68. The highest BCUT2D eigenvalue weighted by Crippen LogP contribution is 2.18. The van der Waals surface area contributed by atoms with Crippen molar-refractivity contribution in [2.75, 3.05) is 10.6 Å². The highest BCUT2D eigenvalue weighted by atomic mass is 15.4. The summed E-state index contributed by atoms with van der Waals surface area (Å²) in [6.45, 7) is 5.54. The van der Waals surface area contributed by atoms with Crippen LogP contribution in [0.4, 0.5) is 11.9 Å². The van der Waals surface area contributed by atoms with Crippen LogP contribution in [-0.4, -0.2) is 14.8 Å². The minimum absolute atomic E-state index is 0.598. The summed E-state index contributed by atoms with van der Waals surface area (Å²) < 4.78 is 1.84. The Labute approximate surface area is 171 Å². The largest absolute Gasteiger partial charge is 0.350 e. The predicted molar refractivity (Wildman–Crippen MR) is 118 cm³/mol. The molecule has 0 bridgehead atoms. The number of nitrogens with one attached hydrogen (secondary N) is 2. The molecule has 5 heteroatoms. The molecule has 4 rings (SSSR count). The van der Waals surface area contributed by atoms with Crippen molar-refractivity contribution in [3.05, 3.63) is 101 Å². The zero-order chi connectivity index (χ0) is 20.1. The molecular formula is C24H25N5. The molecule has 3 aromatic carbocycles. The Morgan fingerprint density at radius 1 is 0.690 bits per heavy atom. The average Bonchev–Trinajstić information content (AvgIpc) is 3.17. The van der Waals surface area contributed by atoms with Crippen LogP contribution in [0, 0.1) is 13.8 Å². The maximum absolute atomic E-state index is 4.68. The van der Waals surface area contributed by atoms with E-state index in [1.165, 1.54) is 22.3 Å². The van der Waals surface area contributed by atoms with Crippen molar-refractivity contribution in [3.63, 3.8) is 0 Å². The van der Waals surface area contributed by atoms with E-state index in [9.17, 15) is 0 Å². The molecule has 0 amide bonds. The third-order valence-corrected chi connectivity index (χ3v) is 4.75. The Kier molecular flexibility index (Phi) is 5.56. The maximum atomic E-state index is 4.68. The number of benzene rings is 3. The van der Waals surface area contributed by atoms with Gasteiger partial charge >= 0.3 is 0 Å². The summed E-state index contributed by atoms with van der Waals surface area (Å²) in [7, 11) is 0. The zero-order valence-corrected chi connectivity index (χ0v) is 16.8. The second-order valence-corrected chi connectivity index (χ2v) is 7.18. The smallest absolute Gasteiger partial charge is 0.244 e. The van der Waals surface area contributed by atoms with Crippen molar-refractivity contribution in [1.82, 2.24) is 14.8 Å². The highest BCUT2D eigenvalue weighted by Gasteiger charge is 2.11. The van der Waals surface area contributed by atoms with E-state index in [0.717, 1.165) is 5.69 Å². The lowest BCUT2D eigenvalue weighted by molar-refractivity contribution is 0.871. The van der Waals surface area contributed by atoms with E-state index in [4.69, 9.17) is 0 Å². The fraction of sp³-hybridized carbons (Fsp3) is 0.167. The van der Waals surface area contributed by atoms with Crippen molar-refractivity contribution in [3.8, 4) is 5.69 Å². The predicted octanol–water partition coefficient (Wildman–Crippen LogP) is 5.11. The lowest BCUT2D eigenvalue weighted by atomic mass is 10.1. The van der Waals surface area contributed by atoms with Crippen LogP contribution in [0.15, 0.2) is 78.9 Å².